The van der Waals surface area contributed by atoms with E-state index in [0.29, 0.717) is 0 Å². The summed E-state index contributed by atoms with van der Waals surface area (Å²) in [5.41, 5.74) is 0. The minimum Gasteiger partial charge on any atom is -0.321 e. The van der Waals surface area contributed by atoms with Crippen molar-refractivity contribution in [3.63, 3.8) is 0 Å². The van der Waals surface area contributed by atoms with E-state index in [4.69, 9.17) is 37.8 Å². The van der Waals surface area contributed by atoms with Crippen molar-refractivity contribution in [2.24, 2.45) is 0 Å². The van der Waals surface area contributed by atoms with Crippen molar-refractivity contribution in [1.82, 2.24) is 0 Å². The molecule has 1 rings (SSSR count). The minimum absolute atomic E-state index is 0.0363. The molecule has 1 aromatic carbocycles. The maximum Gasteiger partial charge on any atom is 0.358 e. The van der Waals surface area contributed by atoms with Crippen LogP contribution in [0.4, 0.5) is 0 Å². The third kappa shape index (κ3) is 5.19. The fourth-order valence-electron chi connectivity index (χ4n) is 0.976. The topological polar surface area (TPSA) is 46.5 Å². The Hall–Kier alpha value is 0.457. The third-order valence-corrected chi connectivity index (χ3v) is 5.69. The molecular weight excluding hydrogens is 310 g/mol. The average Bonchev–Trinajstić information content (AvgIpc) is 2.17. The molecule has 0 aliphatic rings. The van der Waals surface area contributed by atoms with Crippen molar-refractivity contribution in [2.45, 2.75) is 6.04 Å². The molecule has 0 saturated carbocycles. The lowest BCUT2D eigenvalue weighted by atomic mass is 10.4. The molecule has 1 N–H and O–H groups in total. The lowest BCUT2D eigenvalue weighted by Gasteiger charge is -2.13. The highest BCUT2D eigenvalue weighted by atomic mass is 35.8. The molecule has 1 unspecified atom stereocenters. The largest absolute Gasteiger partial charge is 0.358 e. The van der Waals surface area contributed by atoms with Crippen LogP contribution >= 0.6 is 40.8 Å². The van der Waals surface area contributed by atoms with Crippen molar-refractivity contribution in [1.29, 1.82) is 0 Å². The molecule has 0 heterocycles. The van der Waals surface area contributed by atoms with Gasteiger partial charge in [0.15, 0.2) is 0 Å². The first-order chi connectivity index (χ1) is 7.31. The van der Waals surface area contributed by atoms with Crippen LogP contribution in [0.2, 0.25) is 6.04 Å². The Kier molecular flexibility index (Phi) is 5.33. The summed E-state index contributed by atoms with van der Waals surface area (Å²) in [5, 5.41) is 0.237. The van der Waals surface area contributed by atoms with Crippen molar-refractivity contribution in [3.05, 3.63) is 30.3 Å². The molecule has 0 aliphatic heterocycles. The monoisotopic (exact) mass is 318 g/mol. The van der Waals surface area contributed by atoms with E-state index in [9.17, 15) is 9.46 Å². The summed E-state index contributed by atoms with van der Waals surface area (Å²) in [5.74, 6) is 0. The number of rotatable bonds is 5. The Morgan fingerprint density at radius 1 is 1.25 bits per heavy atom. The fourth-order valence-corrected chi connectivity index (χ4v) is 3.21. The highest BCUT2D eigenvalue weighted by Gasteiger charge is 2.28. The lowest BCUT2D eigenvalue weighted by molar-refractivity contribution is 0.283. The molecule has 90 valence electrons. The second-order valence-electron chi connectivity index (χ2n) is 3.05. The molecule has 0 spiro atoms. The molecule has 0 aromatic heterocycles. The van der Waals surface area contributed by atoms with E-state index in [2.05, 4.69) is 0 Å². The number of hydrogen-bond donors (Lipinski definition) is 1. The summed E-state index contributed by atoms with van der Waals surface area (Å²) < 4.78 is 16.6. The Balaban J connectivity index is 2.57. The molecule has 0 saturated heterocycles. The van der Waals surface area contributed by atoms with Crippen LogP contribution in [0, 0.1) is 0 Å². The van der Waals surface area contributed by atoms with E-state index in [-0.39, 0.29) is 18.0 Å². The Morgan fingerprint density at radius 3 is 2.31 bits per heavy atom. The van der Waals surface area contributed by atoms with Gasteiger partial charge in [-0.2, -0.15) is 0 Å². The van der Waals surface area contributed by atoms with Crippen molar-refractivity contribution in [2.75, 3.05) is 6.61 Å². The first kappa shape index (κ1) is 14.5. The molecule has 1 aromatic rings. The van der Waals surface area contributed by atoms with Gasteiger partial charge >= 0.3 is 13.6 Å². The van der Waals surface area contributed by atoms with Crippen LogP contribution in [0.1, 0.15) is 0 Å². The van der Waals surface area contributed by atoms with E-state index in [1.165, 1.54) is 12.1 Å². The van der Waals surface area contributed by atoms with Gasteiger partial charge in [0.1, 0.15) is 0 Å². The molecular formula is C8H10Cl3O3PSi. The van der Waals surface area contributed by atoms with Crippen molar-refractivity contribution in [3.8, 4) is 0 Å². The summed E-state index contributed by atoms with van der Waals surface area (Å²) >= 11 is 16.9. The van der Waals surface area contributed by atoms with Gasteiger partial charge in [0.05, 0.1) is 11.9 Å². The van der Waals surface area contributed by atoms with Crippen LogP contribution in [0.15, 0.2) is 30.3 Å². The highest BCUT2D eigenvalue weighted by molar-refractivity contribution is 7.65. The summed E-state index contributed by atoms with van der Waals surface area (Å²) in [6.07, 6.45) is 0. The smallest absolute Gasteiger partial charge is 0.321 e. The Bertz CT molecular complexity index is 382. The molecule has 8 heteroatoms. The lowest BCUT2D eigenvalue weighted by Crippen LogP contribution is -2.14. The molecule has 0 amide bonds. The van der Waals surface area contributed by atoms with Crippen LogP contribution in [0.25, 0.3) is 0 Å². The highest BCUT2D eigenvalue weighted by Crippen LogP contribution is 2.41. The molecule has 16 heavy (non-hydrogen) atoms. The van der Waals surface area contributed by atoms with E-state index in [1.807, 2.05) is 0 Å². The number of benzene rings is 1. The van der Waals surface area contributed by atoms with Crippen LogP contribution in [-0.2, 0) is 9.09 Å². The SMILES string of the molecule is O=P(O)(OCC[Si](Cl)(Cl)Cl)c1ccccc1. The zero-order valence-electron chi connectivity index (χ0n) is 8.15. The van der Waals surface area contributed by atoms with Gasteiger partial charge in [-0.15, -0.1) is 33.2 Å². The van der Waals surface area contributed by atoms with Crippen LogP contribution in [0.5, 0.6) is 0 Å². The quantitative estimate of drug-likeness (QED) is 0.515. The zero-order chi connectivity index (χ0) is 12.2. The van der Waals surface area contributed by atoms with Gasteiger partial charge in [0.25, 0.3) is 0 Å². The minimum atomic E-state index is -3.78. The first-order valence-corrected chi connectivity index (χ1v) is 11.2. The summed E-state index contributed by atoms with van der Waals surface area (Å²) in [7, 11) is -3.78. The zero-order valence-corrected chi connectivity index (χ0v) is 12.3. The molecule has 0 bridgehead atoms. The molecule has 0 aliphatic carbocycles. The second kappa shape index (κ2) is 5.87. The van der Waals surface area contributed by atoms with Gasteiger partial charge < -0.3 is 9.42 Å². The average molecular weight is 320 g/mol. The van der Waals surface area contributed by atoms with Crippen molar-refractivity contribution < 1.29 is 14.0 Å². The van der Waals surface area contributed by atoms with Gasteiger partial charge in [0.2, 0.25) is 0 Å². The predicted molar refractivity (Wildman–Crippen MR) is 70.0 cm³/mol. The summed E-state index contributed by atoms with van der Waals surface area (Å²) in [6, 6.07) is 5.50. The van der Waals surface area contributed by atoms with Gasteiger partial charge in [-0.1, -0.05) is 18.2 Å². The number of hydrogen-bond acceptors (Lipinski definition) is 2. The van der Waals surface area contributed by atoms with E-state index in [1.54, 1.807) is 18.2 Å². The fraction of sp³-hybridized carbons (Fsp3) is 0.250. The Labute approximate surface area is 109 Å². The van der Waals surface area contributed by atoms with Crippen LogP contribution in [-0.4, -0.2) is 17.5 Å². The standard InChI is InChI=1S/C8H10Cl3O3PSi/c9-16(10,11)7-6-14-15(12,13)8-4-2-1-3-5-8/h1-5H,6-7H2,(H,12,13). The van der Waals surface area contributed by atoms with E-state index in [0.717, 1.165) is 0 Å². The van der Waals surface area contributed by atoms with Gasteiger partial charge in [-0.05, 0) is 12.1 Å². The maximum absolute atomic E-state index is 11.7. The van der Waals surface area contributed by atoms with Gasteiger partial charge in [0, 0.05) is 6.04 Å². The van der Waals surface area contributed by atoms with Crippen LogP contribution < -0.4 is 5.30 Å². The first-order valence-electron chi connectivity index (χ1n) is 4.41. The number of halogens is 3. The normalized spacial score (nSPS) is 15.8. The van der Waals surface area contributed by atoms with Gasteiger partial charge in [-0.25, -0.2) is 0 Å². The van der Waals surface area contributed by atoms with E-state index < -0.39 is 13.6 Å². The molecule has 3 nitrogen and oxygen atoms in total. The molecule has 0 radical (unpaired) electrons. The summed E-state index contributed by atoms with van der Waals surface area (Å²) in [4.78, 5) is 9.60. The second-order valence-corrected chi connectivity index (χ2v) is 14.1. The summed E-state index contributed by atoms with van der Waals surface area (Å²) in [6.45, 7) is -0.0363. The third-order valence-electron chi connectivity index (χ3n) is 1.73. The van der Waals surface area contributed by atoms with Crippen LogP contribution in [0.3, 0.4) is 0 Å². The predicted octanol–water partition coefficient (Wildman–Crippen LogP) is 3.17. The molecule has 0 fully saturated rings. The van der Waals surface area contributed by atoms with Crippen molar-refractivity contribution >= 4 is 52.1 Å². The van der Waals surface area contributed by atoms with Gasteiger partial charge in [-0.3, -0.25) is 4.57 Å². The Morgan fingerprint density at radius 2 is 1.81 bits per heavy atom. The van der Waals surface area contributed by atoms with E-state index >= 15 is 0 Å². The maximum atomic E-state index is 11.7. The molecule has 1 atom stereocenters.